The predicted octanol–water partition coefficient (Wildman–Crippen LogP) is 5.03. The summed E-state index contributed by atoms with van der Waals surface area (Å²) in [6.07, 6.45) is 0. The average Bonchev–Trinajstić information content (AvgIpc) is 2.39. The quantitative estimate of drug-likeness (QED) is 0.723. The van der Waals surface area contributed by atoms with Crippen LogP contribution in [0.15, 0.2) is 30.3 Å². The molecule has 0 fully saturated rings. The first-order valence-electron chi connectivity index (χ1n) is 7.14. The Morgan fingerprint density at radius 1 is 0.700 bits per heavy atom. The molecule has 1 rings (SSSR count). The second-order valence-electron chi connectivity index (χ2n) is 7.05. The van der Waals surface area contributed by atoms with Crippen LogP contribution < -0.4 is 0 Å². The van der Waals surface area contributed by atoms with Crippen LogP contribution in [-0.4, -0.2) is 20.0 Å². The van der Waals surface area contributed by atoms with Crippen molar-refractivity contribution in [3.8, 4) is 0 Å². The van der Waals surface area contributed by atoms with Crippen LogP contribution in [0.25, 0.3) is 0 Å². The van der Waals surface area contributed by atoms with Gasteiger partial charge in [0.1, 0.15) is 0 Å². The average molecular weight is 280 g/mol. The fraction of sp³-hybridized carbons (Fsp3) is 0.667. The molecule has 0 radical (unpaired) electrons. The minimum Gasteiger partial charge on any atom is -0.354 e. The third kappa shape index (κ3) is 5.64. The lowest BCUT2D eigenvalue weighted by Crippen LogP contribution is -2.33. The van der Waals surface area contributed by atoms with Gasteiger partial charge in [-0.05, 0) is 30.2 Å². The van der Waals surface area contributed by atoms with Gasteiger partial charge in [0.2, 0.25) is 0 Å². The number of hydrogen-bond acceptors (Lipinski definition) is 2. The van der Waals surface area contributed by atoms with Gasteiger partial charge in [-0.25, -0.2) is 0 Å². The van der Waals surface area contributed by atoms with Crippen LogP contribution in [0.1, 0.15) is 54.0 Å². The van der Waals surface area contributed by atoms with E-state index in [2.05, 4.69) is 65.0 Å². The lowest BCUT2D eigenvalue weighted by atomic mass is 9.65. The predicted molar refractivity (Wildman–Crippen MR) is 87.0 cm³/mol. The van der Waals surface area contributed by atoms with Gasteiger partial charge in [-0.2, -0.15) is 0 Å². The normalized spacial score (nSPS) is 12.7. The molecule has 0 amide bonds. The lowest BCUT2D eigenvalue weighted by molar-refractivity contribution is -0.178. The molecule has 0 aliphatic heterocycles. The van der Waals surface area contributed by atoms with Crippen LogP contribution in [0.3, 0.4) is 0 Å². The molecule has 0 N–H and O–H groups in total. The largest absolute Gasteiger partial charge is 0.354 e. The molecule has 2 nitrogen and oxygen atoms in total. The molecular weight excluding hydrogens is 248 g/mol. The standard InChI is InChI=1S/C13H20.C5H12O2/c1-12(2,3)13(4,5)11-9-7-6-8-10-11;1-5(2,6-3)7-4/h6-10H,1-5H3;1-4H3. The van der Waals surface area contributed by atoms with Gasteiger partial charge in [-0.3, -0.25) is 0 Å². The number of benzene rings is 1. The molecule has 0 atom stereocenters. The van der Waals surface area contributed by atoms with Crippen molar-refractivity contribution in [1.82, 2.24) is 0 Å². The first-order chi connectivity index (χ1) is 8.98. The Labute approximate surface area is 125 Å². The Balaban J connectivity index is 0.000000441. The maximum absolute atomic E-state index is 4.86. The molecule has 0 aromatic heterocycles. The van der Waals surface area contributed by atoms with Crippen molar-refractivity contribution in [2.24, 2.45) is 5.41 Å². The molecule has 0 unspecified atom stereocenters. The van der Waals surface area contributed by atoms with E-state index in [1.54, 1.807) is 14.2 Å². The molecule has 1 aromatic rings. The first-order valence-corrected chi connectivity index (χ1v) is 7.14. The molecule has 2 heteroatoms. The van der Waals surface area contributed by atoms with E-state index in [0.717, 1.165) is 0 Å². The summed E-state index contributed by atoms with van der Waals surface area (Å²) in [4.78, 5) is 0. The molecule has 0 saturated carbocycles. The first kappa shape index (κ1) is 19.1. The van der Waals surface area contributed by atoms with Crippen LogP contribution in [0.5, 0.6) is 0 Å². The fourth-order valence-electron chi connectivity index (χ4n) is 1.37. The van der Waals surface area contributed by atoms with Crippen molar-refractivity contribution < 1.29 is 9.47 Å². The number of hydrogen-bond donors (Lipinski definition) is 0. The van der Waals surface area contributed by atoms with Gasteiger partial charge >= 0.3 is 0 Å². The van der Waals surface area contributed by atoms with Crippen molar-refractivity contribution in [3.05, 3.63) is 35.9 Å². The molecular formula is C18H32O2. The summed E-state index contributed by atoms with van der Waals surface area (Å²) in [6.45, 7) is 15.2. The van der Waals surface area contributed by atoms with Crippen molar-refractivity contribution in [2.45, 2.75) is 59.7 Å². The van der Waals surface area contributed by atoms with E-state index in [1.807, 2.05) is 13.8 Å². The monoisotopic (exact) mass is 280 g/mol. The van der Waals surface area contributed by atoms with E-state index in [0.29, 0.717) is 5.41 Å². The van der Waals surface area contributed by atoms with E-state index >= 15 is 0 Å². The van der Waals surface area contributed by atoms with Gasteiger partial charge in [-0.1, -0.05) is 65.0 Å². The number of ether oxygens (including phenoxy) is 2. The zero-order valence-corrected chi connectivity index (χ0v) is 14.7. The van der Waals surface area contributed by atoms with Crippen LogP contribution in [0, 0.1) is 5.41 Å². The molecule has 20 heavy (non-hydrogen) atoms. The van der Waals surface area contributed by atoms with E-state index in [1.165, 1.54) is 5.56 Å². The number of rotatable bonds is 3. The minimum atomic E-state index is -0.417. The maximum Gasteiger partial charge on any atom is 0.161 e. The minimum absolute atomic E-state index is 0.230. The van der Waals surface area contributed by atoms with Crippen molar-refractivity contribution in [1.29, 1.82) is 0 Å². The molecule has 0 aliphatic rings. The van der Waals surface area contributed by atoms with E-state index in [9.17, 15) is 0 Å². The molecule has 0 bridgehead atoms. The third-order valence-electron chi connectivity index (χ3n) is 4.35. The Kier molecular flexibility index (Phi) is 6.92. The van der Waals surface area contributed by atoms with E-state index < -0.39 is 5.79 Å². The smallest absolute Gasteiger partial charge is 0.161 e. The highest BCUT2D eigenvalue weighted by Crippen LogP contribution is 2.40. The second kappa shape index (κ2) is 7.24. The van der Waals surface area contributed by atoms with Crippen molar-refractivity contribution in [2.75, 3.05) is 14.2 Å². The summed E-state index contributed by atoms with van der Waals surface area (Å²) in [5, 5.41) is 0. The Hall–Kier alpha value is -0.860. The van der Waals surface area contributed by atoms with Crippen LogP contribution in [0.4, 0.5) is 0 Å². The van der Waals surface area contributed by atoms with Gasteiger partial charge < -0.3 is 9.47 Å². The molecule has 0 saturated heterocycles. The number of methoxy groups -OCH3 is 2. The summed E-state index contributed by atoms with van der Waals surface area (Å²) in [5.41, 5.74) is 1.95. The molecule has 1 aromatic carbocycles. The van der Waals surface area contributed by atoms with Gasteiger partial charge in [0, 0.05) is 14.2 Å². The highest BCUT2D eigenvalue weighted by molar-refractivity contribution is 5.25. The summed E-state index contributed by atoms with van der Waals surface area (Å²) >= 11 is 0. The topological polar surface area (TPSA) is 18.5 Å². The SMILES string of the molecule is CC(C)(C)C(C)(C)c1ccccc1.COC(C)(C)OC. The highest BCUT2D eigenvalue weighted by Gasteiger charge is 2.33. The molecule has 116 valence electrons. The van der Waals surface area contributed by atoms with Crippen molar-refractivity contribution in [3.63, 3.8) is 0 Å². The molecule has 0 aliphatic carbocycles. The van der Waals surface area contributed by atoms with Crippen LogP contribution >= 0.6 is 0 Å². The van der Waals surface area contributed by atoms with Gasteiger partial charge in [0.05, 0.1) is 0 Å². The lowest BCUT2D eigenvalue weighted by Gasteiger charge is -2.39. The Morgan fingerprint density at radius 2 is 1.10 bits per heavy atom. The zero-order valence-electron chi connectivity index (χ0n) is 14.7. The summed E-state index contributed by atoms with van der Waals surface area (Å²) < 4.78 is 9.73. The van der Waals surface area contributed by atoms with E-state index in [4.69, 9.17) is 9.47 Å². The van der Waals surface area contributed by atoms with Gasteiger partial charge in [0.25, 0.3) is 0 Å². The van der Waals surface area contributed by atoms with Gasteiger partial charge in [0.15, 0.2) is 5.79 Å². The maximum atomic E-state index is 4.86. The summed E-state index contributed by atoms with van der Waals surface area (Å²) in [5.74, 6) is -0.417. The zero-order chi connectivity index (χ0) is 16.0. The Morgan fingerprint density at radius 3 is 1.35 bits per heavy atom. The second-order valence-corrected chi connectivity index (χ2v) is 7.05. The Bertz CT molecular complexity index is 366. The molecule has 0 spiro atoms. The van der Waals surface area contributed by atoms with E-state index in [-0.39, 0.29) is 5.41 Å². The van der Waals surface area contributed by atoms with Gasteiger partial charge in [-0.15, -0.1) is 0 Å². The summed E-state index contributed by atoms with van der Waals surface area (Å²) in [6, 6.07) is 10.7. The molecule has 0 heterocycles. The van der Waals surface area contributed by atoms with Crippen molar-refractivity contribution >= 4 is 0 Å². The third-order valence-corrected chi connectivity index (χ3v) is 4.35. The van der Waals surface area contributed by atoms with Crippen LogP contribution in [0.2, 0.25) is 0 Å². The fourth-order valence-corrected chi connectivity index (χ4v) is 1.37. The van der Waals surface area contributed by atoms with Crippen LogP contribution in [-0.2, 0) is 14.9 Å². The summed E-state index contributed by atoms with van der Waals surface area (Å²) in [7, 11) is 3.23. The highest BCUT2D eigenvalue weighted by atomic mass is 16.7.